The lowest BCUT2D eigenvalue weighted by Gasteiger charge is -2.35. The third kappa shape index (κ3) is 3.64. The number of nitrogens with zero attached hydrogens (tertiary/aromatic N) is 1. The van der Waals surface area contributed by atoms with Crippen LogP contribution in [-0.4, -0.2) is 22.5 Å². The standard InChI is InChI=1S/C24H17Cl2FN2O2/c25-15-7-10-20-18(13-15)17-11-12-29(24(30)31-21-4-2-1-3-19(21)26)23(22(17)28-20)14-5-8-16(27)9-6-14/h1-10,13,23,28H,11-12H2. The third-order valence-electron chi connectivity index (χ3n) is 5.54. The number of ether oxygens (including phenoxy) is 1. The van der Waals surface area contributed by atoms with Crippen LogP contribution in [0.15, 0.2) is 66.7 Å². The Hall–Kier alpha value is -3.02. The minimum Gasteiger partial charge on any atom is -0.409 e. The highest BCUT2D eigenvalue weighted by Gasteiger charge is 2.36. The van der Waals surface area contributed by atoms with Gasteiger partial charge in [0.25, 0.3) is 0 Å². The number of carbonyl (C=O) groups is 1. The molecule has 3 aromatic carbocycles. The first kappa shape index (κ1) is 19.9. The average Bonchev–Trinajstić information content (AvgIpc) is 3.13. The molecule has 4 aromatic rings. The zero-order valence-electron chi connectivity index (χ0n) is 16.2. The van der Waals surface area contributed by atoms with Gasteiger partial charge >= 0.3 is 6.09 Å². The van der Waals surface area contributed by atoms with Crippen molar-refractivity contribution in [2.75, 3.05) is 6.54 Å². The second-order valence-electron chi connectivity index (χ2n) is 7.40. The molecular formula is C24H17Cl2FN2O2. The Morgan fingerprint density at radius 1 is 1.06 bits per heavy atom. The highest BCUT2D eigenvalue weighted by atomic mass is 35.5. The molecule has 1 aliphatic heterocycles. The van der Waals surface area contributed by atoms with Gasteiger partial charge < -0.3 is 9.72 Å². The van der Waals surface area contributed by atoms with Crippen LogP contribution in [0.25, 0.3) is 10.9 Å². The van der Waals surface area contributed by atoms with Crippen molar-refractivity contribution in [1.29, 1.82) is 0 Å². The van der Waals surface area contributed by atoms with Crippen molar-refractivity contribution in [2.24, 2.45) is 0 Å². The second-order valence-corrected chi connectivity index (χ2v) is 8.25. The number of amides is 1. The van der Waals surface area contributed by atoms with Gasteiger partial charge in [-0.1, -0.05) is 47.5 Å². The van der Waals surface area contributed by atoms with Crippen LogP contribution in [-0.2, 0) is 6.42 Å². The summed E-state index contributed by atoms with van der Waals surface area (Å²) in [5.74, 6) is -0.0466. The van der Waals surface area contributed by atoms with E-state index in [4.69, 9.17) is 27.9 Å². The van der Waals surface area contributed by atoms with Gasteiger partial charge in [-0.05, 0) is 60.0 Å². The lowest BCUT2D eigenvalue weighted by atomic mass is 9.92. The number of nitrogens with one attached hydrogen (secondary N) is 1. The van der Waals surface area contributed by atoms with Crippen LogP contribution in [0, 0.1) is 5.82 Å². The Morgan fingerprint density at radius 3 is 2.61 bits per heavy atom. The summed E-state index contributed by atoms with van der Waals surface area (Å²) in [5.41, 5.74) is 3.67. The van der Waals surface area contributed by atoms with E-state index in [2.05, 4.69) is 4.98 Å². The number of para-hydroxylation sites is 1. The number of fused-ring (bicyclic) bond motifs is 3. The van der Waals surface area contributed by atoms with Crippen molar-refractivity contribution in [2.45, 2.75) is 12.5 Å². The molecule has 0 spiro atoms. The monoisotopic (exact) mass is 454 g/mol. The first-order chi connectivity index (χ1) is 15.0. The molecule has 4 nitrogen and oxygen atoms in total. The fraction of sp³-hybridized carbons (Fsp3) is 0.125. The molecule has 0 aliphatic carbocycles. The Kier molecular flexibility index (Phi) is 5.08. The van der Waals surface area contributed by atoms with Gasteiger partial charge in [0.1, 0.15) is 11.9 Å². The molecular weight excluding hydrogens is 438 g/mol. The molecule has 31 heavy (non-hydrogen) atoms. The molecule has 1 N–H and O–H groups in total. The number of carbonyl (C=O) groups excluding carboxylic acids is 1. The van der Waals surface area contributed by atoms with Gasteiger partial charge in [-0.15, -0.1) is 0 Å². The molecule has 1 aliphatic rings. The zero-order chi connectivity index (χ0) is 21.5. The molecule has 1 unspecified atom stereocenters. The van der Waals surface area contributed by atoms with E-state index in [0.29, 0.717) is 28.8 Å². The number of H-pyrrole nitrogens is 1. The molecule has 1 aromatic heterocycles. The van der Waals surface area contributed by atoms with E-state index in [0.717, 1.165) is 27.7 Å². The van der Waals surface area contributed by atoms with Gasteiger partial charge in [0.15, 0.2) is 5.75 Å². The predicted octanol–water partition coefficient (Wildman–Crippen LogP) is 6.76. The number of aromatic nitrogens is 1. The molecule has 0 bridgehead atoms. The third-order valence-corrected chi connectivity index (χ3v) is 6.09. The summed E-state index contributed by atoms with van der Waals surface area (Å²) in [4.78, 5) is 18.3. The van der Waals surface area contributed by atoms with Gasteiger partial charge in [0.2, 0.25) is 0 Å². The van der Waals surface area contributed by atoms with E-state index in [-0.39, 0.29) is 5.82 Å². The van der Waals surface area contributed by atoms with E-state index >= 15 is 0 Å². The molecule has 0 saturated carbocycles. The number of halogens is 3. The number of aromatic amines is 1. The quantitative estimate of drug-likeness (QED) is 0.363. The van der Waals surface area contributed by atoms with E-state index in [1.807, 2.05) is 18.2 Å². The van der Waals surface area contributed by atoms with Crippen LogP contribution >= 0.6 is 23.2 Å². The zero-order valence-corrected chi connectivity index (χ0v) is 17.8. The average molecular weight is 455 g/mol. The molecule has 1 amide bonds. The SMILES string of the molecule is O=C(Oc1ccccc1Cl)N1CCc2c([nH]c3ccc(Cl)cc23)C1c1ccc(F)cc1. The normalized spacial score (nSPS) is 15.7. The Balaban J connectivity index is 1.60. The van der Waals surface area contributed by atoms with Crippen molar-refractivity contribution >= 4 is 40.2 Å². The molecule has 0 saturated heterocycles. The minimum atomic E-state index is -0.523. The predicted molar refractivity (Wildman–Crippen MR) is 119 cm³/mol. The first-order valence-corrected chi connectivity index (χ1v) is 10.6. The minimum absolute atomic E-state index is 0.293. The molecule has 5 rings (SSSR count). The smallest absolute Gasteiger partial charge is 0.409 e. The summed E-state index contributed by atoms with van der Waals surface area (Å²) in [5, 5.41) is 2.02. The summed E-state index contributed by atoms with van der Waals surface area (Å²) in [6, 6.07) is 18.2. The van der Waals surface area contributed by atoms with Gasteiger partial charge in [-0.3, -0.25) is 4.90 Å². The number of benzene rings is 3. The van der Waals surface area contributed by atoms with Crippen molar-refractivity contribution < 1.29 is 13.9 Å². The summed E-state index contributed by atoms with van der Waals surface area (Å²) in [7, 11) is 0. The highest BCUT2D eigenvalue weighted by molar-refractivity contribution is 6.32. The summed E-state index contributed by atoms with van der Waals surface area (Å²) >= 11 is 12.4. The maximum Gasteiger partial charge on any atom is 0.416 e. The fourth-order valence-electron chi connectivity index (χ4n) is 4.13. The van der Waals surface area contributed by atoms with Crippen molar-refractivity contribution in [1.82, 2.24) is 9.88 Å². The Labute approximate surface area is 188 Å². The summed E-state index contributed by atoms with van der Waals surface area (Å²) in [6.45, 7) is 0.428. The van der Waals surface area contributed by atoms with Crippen LogP contribution < -0.4 is 4.74 Å². The van der Waals surface area contributed by atoms with E-state index < -0.39 is 12.1 Å². The molecule has 156 valence electrons. The summed E-state index contributed by atoms with van der Waals surface area (Å²) in [6.07, 6.45) is 0.107. The van der Waals surface area contributed by atoms with Gasteiger partial charge in [0, 0.05) is 28.2 Å². The molecule has 0 fully saturated rings. The second kappa shape index (κ2) is 7.91. The number of rotatable bonds is 2. The lowest BCUT2D eigenvalue weighted by Crippen LogP contribution is -2.42. The molecule has 7 heteroatoms. The summed E-state index contributed by atoms with van der Waals surface area (Å²) < 4.78 is 19.2. The van der Waals surface area contributed by atoms with E-state index in [1.54, 1.807) is 41.3 Å². The maximum absolute atomic E-state index is 13.6. The van der Waals surface area contributed by atoms with Crippen LogP contribution in [0.2, 0.25) is 10.0 Å². The van der Waals surface area contributed by atoms with Crippen LogP contribution in [0.5, 0.6) is 5.75 Å². The highest BCUT2D eigenvalue weighted by Crippen LogP contribution is 2.39. The molecule has 0 radical (unpaired) electrons. The largest absolute Gasteiger partial charge is 0.416 e. The topological polar surface area (TPSA) is 45.3 Å². The lowest BCUT2D eigenvalue weighted by molar-refractivity contribution is 0.135. The first-order valence-electron chi connectivity index (χ1n) is 9.80. The van der Waals surface area contributed by atoms with Crippen LogP contribution in [0.4, 0.5) is 9.18 Å². The van der Waals surface area contributed by atoms with Crippen molar-refractivity contribution in [3.63, 3.8) is 0 Å². The van der Waals surface area contributed by atoms with E-state index in [1.165, 1.54) is 12.1 Å². The van der Waals surface area contributed by atoms with Gasteiger partial charge in [0.05, 0.1) is 5.02 Å². The van der Waals surface area contributed by atoms with E-state index in [9.17, 15) is 9.18 Å². The number of hydrogen-bond acceptors (Lipinski definition) is 2. The van der Waals surface area contributed by atoms with Crippen LogP contribution in [0.1, 0.15) is 22.9 Å². The maximum atomic E-state index is 13.6. The van der Waals surface area contributed by atoms with Crippen LogP contribution in [0.3, 0.4) is 0 Å². The van der Waals surface area contributed by atoms with Gasteiger partial charge in [-0.2, -0.15) is 0 Å². The Morgan fingerprint density at radius 2 is 1.84 bits per heavy atom. The van der Waals surface area contributed by atoms with Crippen molar-refractivity contribution in [3.05, 3.63) is 99.4 Å². The number of hydrogen-bond donors (Lipinski definition) is 1. The Bertz CT molecular complexity index is 1290. The fourth-order valence-corrected chi connectivity index (χ4v) is 4.48. The molecule has 1 atom stereocenters. The van der Waals surface area contributed by atoms with Gasteiger partial charge in [-0.25, -0.2) is 9.18 Å². The molecule has 2 heterocycles. The van der Waals surface area contributed by atoms with Crippen molar-refractivity contribution in [3.8, 4) is 5.75 Å².